The summed E-state index contributed by atoms with van der Waals surface area (Å²) in [5, 5.41) is 5.50. The van der Waals surface area contributed by atoms with Crippen LogP contribution in [0.1, 0.15) is 36.3 Å². The molecule has 0 bridgehead atoms. The van der Waals surface area contributed by atoms with Gasteiger partial charge in [-0.1, -0.05) is 72.4 Å². The summed E-state index contributed by atoms with van der Waals surface area (Å²) in [6.45, 7) is 2.23. The number of amidine groups is 1. The van der Waals surface area contributed by atoms with E-state index in [4.69, 9.17) is 18.9 Å². The van der Waals surface area contributed by atoms with Crippen LogP contribution in [0.4, 0.5) is 0 Å². The lowest BCUT2D eigenvalue weighted by Gasteiger charge is -2.36. The third-order valence-electron chi connectivity index (χ3n) is 6.97. The topological polar surface area (TPSA) is 93.4 Å². The molecule has 3 aromatic carbocycles. The van der Waals surface area contributed by atoms with E-state index in [0.717, 1.165) is 16.8 Å². The number of esters is 1. The Morgan fingerprint density at radius 1 is 0.953 bits per heavy atom. The van der Waals surface area contributed by atoms with Gasteiger partial charge in [0.25, 0.3) is 0 Å². The van der Waals surface area contributed by atoms with Crippen LogP contribution in [0, 0.1) is 0 Å². The molecule has 0 aliphatic carbocycles. The van der Waals surface area contributed by atoms with Crippen LogP contribution in [-0.4, -0.2) is 21.9 Å². The Balaban J connectivity index is 1.30. The maximum atomic E-state index is 13.8. The Morgan fingerprint density at radius 2 is 1.72 bits per heavy atom. The number of hydrogen-bond donors (Lipinski definition) is 1. The minimum absolute atomic E-state index is 0.0921. The number of fused-ring (bicyclic) bond motifs is 1. The lowest BCUT2D eigenvalue weighted by Crippen LogP contribution is -2.38. The fraction of sp³-hybridized carbons (Fsp3) is 0.147. The van der Waals surface area contributed by atoms with Crippen LogP contribution < -0.4 is 10.1 Å². The van der Waals surface area contributed by atoms with Crippen molar-refractivity contribution >= 4 is 28.8 Å². The molecule has 0 radical (unpaired) electrons. The van der Waals surface area contributed by atoms with E-state index in [0.29, 0.717) is 33.7 Å². The van der Waals surface area contributed by atoms with Crippen LogP contribution in [0.2, 0.25) is 0 Å². The van der Waals surface area contributed by atoms with Gasteiger partial charge in [0.15, 0.2) is 5.17 Å². The number of rotatable bonds is 10. The Hall–Kier alpha value is -5.02. The van der Waals surface area contributed by atoms with Gasteiger partial charge in [0.05, 0.1) is 36.5 Å². The zero-order valence-corrected chi connectivity index (χ0v) is 24.3. The molecule has 8 nitrogen and oxygen atoms in total. The molecule has 1 N–H and O–H groups in total. The second kappa shape index (κ2) is 12.9. The third kappa shape index (κ3) is 6.57. The summed E-state index contributed by atoms with van der Waals surface area (Å²) in [6, 6.07) is 29.7. The average molecular weight is 592 g/mol. The highest BCUT2D eigenvalue weighted by Gasteiger charge is 2.41. The Bertz CT molecular complexity index is 1700. The Labute approximate surface area is 253 Å². The van der Waals surface area contributed by atoms with E-state index in [1.165, 1.54) is 11.8 Å². The van der Waals surface area contributed by atoms with Gasteiger partial charge in [-0.05, 0) is 59.9 Å². The lowest BCUT2D eigenvalue weighted by molar-refractivity contribution is -0.141. The van der Waals surface area contributed by atoms with Crippen LogP contribution in [0.25, 0.3) is 0 Å². The summed E-state index contributed by atoms with van der Waals surface area (Å²) in [5.41, 5.74) is 3.38. The number of furan rings is 1. The van der Waals surface area contributed by atoms with Gasteiger partial charge >= 0.3 is 5.97 Å². The molecule has 1 amide bonds. The molecule has 4 aromatic rings. The van der Waals surface area contributed by atoms with E-state index in [1.54, 1.807) is 12.3 Å². The van der Waals surface area contributed by atoms with E-state index in [-0.39, 0.29) is 25.5 Å². The summed E-state index contributed by atoms with van der Waals surface area (Å²) < 4.78 is 17.3. The predicted octanol–water partition coefficient (Wildman–Crippen LogP) is 7.10. The van der Waals surface area contributed by atoms with Gasteiger partial charge in [0, 0.05) is 5.70 Å². The number of amides is 1. The third-order valence-corrected chi connectivity index (χ3v) is 7.86. The number of nitrogens with one attached hydrogen (secondary N) is 1. The molecule has 9 heteroatoms. The molecule has 0 spiro atoms. The van der Waals surface area contributed by atoms with Crippen LogP contribution >= 0.6 is 11.8 Å². The number of nitrogens with zero attached hydrogens (tertiary/aromatic N) is 2. The van der Waals surface area contributed by atoms with Gasteiger partial charge < -0.3 is 24.1 Å². The molecule has 2 aliphatic heterocycles. The lowest BCUT2D eigenvalue weighted by atomic mass is 9.93. The van der Waals surface area contributed by atoms with Crippen LogP contribution in [0.15, 0.2) is 135 Å². The second-order valence-corrected chi connectivity index (χ2v) is 10.8. The molecule has 43 heavy (non-hydrogen) atoms. The highest BCUT2D eigenvalue weighted by molar-refractivity contribution is 8.16. The van der Waals surface area contributed by atoms with Crippen LogP contribution in [0.3, 0.4) is 0 Å². The monoisotopic (exact) mass is 591 g/mol. The number of allylic oxidation sites excluding steroid dienone is 1. The van der Waals surface area contributed by atoms with Gasteiger partial charge in [-0.15, -0.1) is 0 Å². The minimum Gasteiger partial charge on any atom is -0.467 e. The molecule has 0 unspecified atom stereocenters. The molecule has 3 heterocycles. The number of para-hydroxylation sites is 1. The van der Waals surface area contributed by atoms with Gasteiger partial charge in [0.1, 0.15) is 23.9 Å². The highest BCUT2D eigenvalue weighted by atomic mass is 32.2. The van der Waals surface area contributed by atoms with Crippen molar-refractivity contribution in [3.8, 4) is 11.5 Å². The molecular formula is C34H29N3O5S. The van der Waals surface area contributed by atoms with Crippen LogP contribution in [0.5, 0.6) is 11.5 Å². The zero-order chi connectivity index (χ0) is 29.6. The van der Waals surface area contributed by atoms with E-state index in [2.05, 4.69) is 5.32 Å². The van der Waals surface area contributed by atoms with Gasteiger partial charge in [-0.3, -0.25) is 4.79 Å². The fourth-order valence-electron chi connectivity index (χ4n) is 4.95. The molecule has 0 fully saturated rings. The van der Waals surface area contributed by atoms with Crippen molar-refractivity contribution in [3.05, 3.63) is 143 Å². The molecule has 2 aliphatic rings. The molecule has 6 rings (SSSR count). The molecule has 0 saturated carbocycles. The molecule has 1 aromatic heterocycles. The first kappa shape index (κ1) is 28.1. The van der Waals surface area contributed by atoms with E-state index in [1.807, 2.05) is 108 Å². The number of aliphatic imine (C=N–C) groups is 1. The molecule has 1 atom stereocenters. The minimum atomic E-state index is -0.589. The standard InChI is InChI=1S/C34H29N3O5S/c1-23-31(33(39)41-21-24-10-4-2-5-11-24)32(25-12-8-15-28(18-25)42-27-13-6-3-7-14-27)37-26(22-43-34(37)36-23)19-30(38)35-20-29-16-9-17-40-29/h2-18,22,32H,19-21H2,1H3,(H,35,38)/t32-/m1/s1. The second-order valence-electron chi connectivity index (χ2n) is 9.98. The first-order valence-corrected chi connectivity index (χ1v) is 14.7. The summed E-state index contributed by atoms with van der Waals surface area (Å²) in [6.07, 6.45) is 1.66. The number of ether oxygens (including phenoxy) is 2. The number of hydrogen-bond acceptors (Lipinski definition) is 8. The fourth-order valence-corrected chi connectivity index (χ4v) is 5.91. The maximum Gasteiger partial charge on any atom is 0.338 e. The Morgan fingerprint density at radius 3 is 2.49 bits per heavy atom. The summed E-state index contributed by atoms with van der Waals surface area (Å²) in [4.78, 5) is 33.5. The largest absolute Gasteiger partial charge is 0.467 e. The van der Waals surface area contributed by atoms with Crippen molar-refractivity contribution in [1.29, 1.82) is 0 Å². The summed E-state index contributed by atoms with van der Waals surface area (Å²) >= 11 is 1.42. The summed E-state index contributed by atoms with van der Waals surface area (Å²) in [5.74, 6) is 1.34. The number of carbonyl (C=O) groups excluding carboxylic acids is 2. The number of thioether (sulfide) groups is 1. The first-order valence-electron chi connectivity index (χ1n) is 13.8. The van der Waals surface area contributed by atoms with Gasteiger partial charge in [-0.25, -0.2) is 9.79 Å². The van der Waals surface area contributed by atoms with Gasteiger partial charge in [-0.2, -0.15) is 0 Å². The summed E-state index contributed by atoms with van der Waals surface area (Å²) in [7, 11) is 0. The number of benzene rings is 3. The SMILES string of the molecule is CC1=C(C(=O)OCc2ccccc2)[C@@H](c2cccc(Oc3ccccc3)c2)N2C(CC(=O)NCc3ccco3)=CSC2=N1. The van der Waals surface area contributed by atoms with Crippen molar-refractivity contribution in [1.82, 2.24) is 10.2 Å². The number of carbonyl (C=O) groups is 2. The smallest absolute Gasteiger partial charge is 0.338 e. The Kier molecular flexibility index (Phi) is 8.42. The van der Waals surface area contributed by atoms with E-state index in [9.17, 15) is 9.59 Å². The quantitative estimate of drug-likeness (QED) is 0.197. The first-order chi connectivity index (χ1) is 21.0. The maximum absolute atomic E-state index is 13.8. The highest BCUT2D eigenvalue weighted by Crippen LogP contribution is 2.45. The molecular weight excluding hydrogens is 562 g/mol. The molecule has 216 valence electrons. The van der Waals surface area contributed by atoms with E-state index < -0.39 is 12.0 Å². The van der Waals surface area contributed by atoms with Crippen molar-refractivity contribution in [3.63, 3.8) is 0 Å². The predicted molar refractivity (Wildman–Crippen MR) is 165 cm³/mol. The normalized spacial score (nSPS) is 15.8. The van der Waals surface area contributed by atoms with Crippen molar-refractivity contribution in [2.75, 3.05) is 0 Å². The van der Waals surface area contributed by atoms with Gasteiger partial charge in [0.2, 0.25) is 5.91 Å². The molecule has 0 saturated heterocycles. The van der Waals surface area contributed by atoms with Crippen molar-refractivity contribution in [2.24, 2.45) is 4.99 Å². The van der Waals surface area contributed by atoms with Crippen molar-refractivity contribution in [2.45, 2.75) is 32.5 Å². The average Bonchev–Trinajstić information content (AvgIpc) is 3.69. The zero-order valence-electron chi connectivity index (χ0n) is 23.4. The van der Waals surface area contributed by atoms with E-state index >= 15 is 0 Å². The van der Waals surface area contributed by atoms with Crippen LogP contribution in [-0.2, 0) is 27.5 Å². The van der Waals surface area contributed by atoms with Crippen molar-refractivity contribution < 1.29 is 23.5 Å².